The van der Waals surface area contributed by atoms with Gasteiger partial charge in [-0.15, -0.1) is 0 Å². The van der Waals surface area contributed by atoms with Crippen LogP contribution in [-0.4, -0.2) is 11.8 Å². The predicted octanol–water partition coefficient (Wildman–Crippen LogP) is 3.38. The number of hydrogen-bond acceptors (Lipinski definition) is 3. The van der Waals surface area contributed by atoms with E-state index < -0.39 is 0 Å². The molecule has 0 spiro atoms. The van der Waals surface area contributed by atoms with Gasteiger partial charge in [0.25, 0.3) is 0 Å². The third-order valence-electron chi connectivity index (χ3n) is 2.61. The standard InChI is InChI=1S/C14H17NO2/c1-12-5-7-14(8-6-12)16-10-3-2-4-13-9-11-17-15-13/h5-9,11H,2-4,10H2,1H3. The molecule has 1 heterocycles. The van der Waals surface area contributed by atoms with Gasteiger partial charge < -0.3 is 9.26 Å². The van der Waals surface area contributed by atoms with Crippen LogP contribution in [0.1, 0.15) is 24.1 Å². The minimum absolute atomic E-state index is 0.751. The Morgan fingerprint density at radius 2 is 1.94 bits per heavy atom. The minimum Gasteiger partial charge on any atom is -0.494 e. The van der Waals surface area contributed by atoms with Gasteiger partial charge in [-0.05, 0) is 38.3 Å². The van der Waals surface area contributed by atoms with E-state index in [9.17, 15) is 0 Å². The Morgan fingerprint density at radius 3 is 2.65 bits per heavy atom. The van der Waals surface area contributed by atoms with Crippen LogP contribution in [-0.2, 0) is 6.42 Å². The molecule has 0 aliphatic carbocycles. The Morgan fingerprint density at radius 1 is 1.12 bits per heavy atom. The number of aromatic nitrogens is 1. The molecule has 1 aromatic carbocycles. The summed E-state index contributed by atoms with van der Waals surface area (Å²) >= 11 is 0. The fourth-order valence-electron chi connectivity index (χ4n) is 1.60. The first-order valence-electron chi connectivity index (χ1n) is 5.93. The average Bonchev–Trinajstić information content (AvgIpc) is 2.84. The first kappa shape index (κ1) is 11.7. The Bertz CT molecular complexity index is 420. The van der Waals surface area contributed by atoms with E-state index >= 15 is 0 Å². The van der Waals surface area contributed by atoms with Crippen molar-refractivity contribution < 1.29 is 9.26 Å². The molecule has 0 fully saturated rings. The molecule has 1 aromatic heterocycles. The monoisotopic (exact) mass is 231 g/mol. The van der Waals surface area contributed by atoms with Crippen molar-refractivity contribution in [2.24, 2.45) is 0 Å². The van der Waals surface area contributed by atoms with Crippen LogP contribution in [0.25, 0.3) is 0 Å². The summed E-state index contributed by atoms with van der Waals surface area (Å²) in [6, 6.07) is 10.0. The number of benzene rings is 1. The van der Waals surface area contributed by atoms with Crippen molar-refractivity contribution in [1.82, 2.24) is 5.16 Å². The molecular formula is C14H17NO2. The highest BCUT2D eigenvalue weighted by atomic mass is 16.5. The summed E-state index contributed by atoms with van der Waals surface area (Å²) in [6.07, 6.45) is 4.66. The zero-order valence-corrected chi connectivity index (χ0v) is 10.1. The highest BCUT2D eigenvalue weighted by molar-refractivity contribution is 5.26. The van der Waals surface area contributed by atoms with Crippen molar-refractivity contribution in [3.63, 3.8) is 0 Å². The minimum atomic E-state index is 0.751. The summed E-state index contributed by atoms with van der Waals surface area (Å²) in [7, 11) is 0. The topological polar surface area (TPSA) is 35.3 Å². The number of rotatable bonds is 6. The highest BCUT2D eigenvalue weighted by Gasteiger charge is 1.97. The van der Waals surface area contributed by atoms with Crippen molar-refractivity contribution in [2.75, 3.05) is 6.61 Å². The molecule has 0 unspecified atom stereocenters. The second kappa shape index (κ2) is 6.09. The van der Waals surface area contributed by atoms with E-state index in [4.69, 9.17) is 9.26 Å². The van der Waals surface area contributed by atoms with E-state index in [1.165, 1.54) is 5.56 Å². The Kier molecular flexibility index (Phi) is 4.19. The number of hydrogen-bond donors (Lipinski definition) is 0. The summed E-state index contributed by atoms with van der Waals surface area (Å²) in [4.78, 5) is 0. The first-order chi connectivity index (χ1) is 8.34. The van der Waals surface area contributed by atoms with Crippen LogP contribution < -0.4 is 4.74 Å². The number of unbranched alkanes of at least 4 members (excludes halogenated alkanes) is 1. The summed E-state index contributed by atoms with van der Waals surface area (Å²) in [6.45, 7) is 2.82. The quantitative estimate of drug-likeness (QED) is 0.715. The molecule has 0 saturated carbocycles. The number of ether oxygens (including phenoxy) is 1. The van der Waals surface area contributed by atoms with Crippen molar-refractivity contribution in [3.8, 4) is 5.75 Å². The van der Waals surface area contributed by atoms with E-state index in [-0.39, 0.29) is 0 Å². The molecule has 17 heavy (non-hydrogen) atoms. The fraction of sp³-hybridized carbons (Fsp3) is 0.357. The van der Waals surface area contributed by atoms with Crippen LogP contribution in [0.5, 0.6) is 5.75 Å². The van der Waals surface area contributed by atoms with E-state index in [2.05, 4.69) is 24.2 Å². The summed E-state index contributed by atoms with van der Waals surface area (Å²) in [5.74, 6) is 0.942. The molecule has 0 atom stereocenters. The summed E-state index contributed by atoms with van der Waals surface area (Å²) < 4.78 is 10.4. The van der Waals surface area contributed by atoms with Gasteiger partial charge >= 0.3 is 0 Å². The van der Waals surface area contributed by atoms with Gasteiger partial charge in [0.05, 0.1) is 12.3 Å². The van der Waals surface area contributed by atoms with Crippen molar-refractivity contribution >= 4 is 0 Å². The molecule has 0 saturated heterocycles. The van der Waals surface area contributed by atoms with Gasteiger partial charge in [-0.1, -0.05) is 22.9 Å². The predicted molar refractivity (Wildman–Crippen MR) is 66.1 cm³/mol. The van der Waals surface area contributed by atoms with E-state index in [0.29, 0.717) is 0 Å². The van der Waals surface area contributed by atoms with Gasteiger partial charge in [-0.2, -0.15) is 0 Å². The zero-order valence-electron chi connectivity index (χ0n) is 10.1. The van der Waals surface area contributed by atoms with Gasteiger partial charge in [0.15, 0.2) is 0 Å². The lowest BCUT2D eigenvalue weighted by atomic mass is 10.2. The third-order valence-corrected chi connectivity index (χ3v) is 2.61. The second-order valence-electron chi connectivity index (χ2n) is 4.11. The normalized spacial score (nSPS) is 10.4. The van der Waals surface area contributed by atoms with Gasteiger partial charge in [-0.3, -0.25) is 0 Å². The fourth-order valence-corrected chi connectivity index (χ4v) is 1.60. The molecule has 0 N–H and O–H groups in total. The van der Waals surface area contributed by atoms with Crippen LogP contribution >= 0.6 is 0 Å². The maximum absolute atomic E-state index is 5.64. The Labute approximate surface area is 101 Å². The Balaban J connectivity index is 1.61. The SMILES string of the molecule is Cc1ccc(OCCCCc2ccon2)cc1. The van der Waals surface area contributed by atoms with Gasteiger partial charge in [0.1, 0.15) is 12.0 Å². The maximum Gasteiger partial charge on any atom is 0.124 e. The molecule has 3 heteroatoms. The van der Waals surface area contributed by atoms with E-state index in [0.717, 1.165) is 37.3 Å². The van der Waals surface area contributed by atoms with E-state index in [1.54, 1.807) is 6.26 Å². The van der Waals surface area contributed by atoms with Gasteiger partial charge in [0.2, 0.25) is 0 Å². The van der Waals surface area contributed by atoms with Crippen LogP contribution in [0.3, 0.4) is 0 Å². The van der Waals surface area contributed by atoms with Crippen molar-refractivity contribution in [2.45, 2.75) is 26.2 Å². The van der Waals surface area contributed by atoms with Gasteiger partial charge in [-0.25, -0.2) is 0 Å². The lowest BCUT2D eigenvalue weighted by molar-refractivity contribution is 0.306. The highest BCUT2D eigenvalue weighted by Crippen LogP contribution is 2.12. The van der Waals surface area contributed by atoms with Crippen LogP contribution in [0.4, 0.5) is 0 Å². The average molecular weight is 231 g/mol. The van der Waals surface area contributed by atoms with Crippen molar-refractivity contribution in [3.05, 3.63) is 47.9 Å². The van der Waals surface area contributed by atoms with E-state index in [1.807, 2.05) is 18.2 Å². The molecule has 0 radical (unpaired) electrons. The molecule has 2 rings (SSSR count). The molecule has 2 aromatic rings. The molecule has 3 nitrogen and oxygen atoms in total. The molecule has 0 bridgehead atoms. The summed E-state index contributed by atoms with van der Waals surface area (Å²) in [5, 5.41) is 3.87. The van der Waals surface area contributed by atoms with Crippen LogP contribution in [0, 0.1) is 6.92 Å². The molecule has 0 aliphatic heterocycles. The Hall–Kier alpha value is -1.77. The molecule has 0 aliphatic rings. The largest absolute Gasteiger partial charge is 0.494 e. The zero-order chi connectivity index (χ0) is 11.9. The lowest BCUT2D eigenvalue weighted by Gasteiger charge is -2.05. The molecule has 0 amide bonds. The molecular weight excluding hydrogens is 214 g/mol. The number of aryl methyl sites for hydroxylation is 2. The third kappa shape index (κ3) is 3.94. The van der Waals surface area contributed by atoms with Crippen LogP contribution in [0.15, 0.2) is 41.1 Å². The smallest absolute Gasteiger partial charge is 0.124 e. The van der Waals surface area contributed by atoms with Crippen LogP contribution in [0.2, 0.25) is 0 Å². The maximum atomic E-state index is 5.64. The number of nitrogens with zero attached hydrogens (tertiary/aromatic N) is 1. The van der Waals surface area contributed by atoms with Gasteiger partial charge in [0, 0.05) is 6.07 Å². The van der Waals surface area contributed by atoms with Crippen molar-refractivity contribution in [1.29, 1.82) is 0 Å². The summed E-state index contributed by atoms with van der Waals surface area (Å²) in [5.41, 5.74) is 2.27. The second-order valence-corrected chi connectivity index (χ2v) is 4.11. The molecule has 90 valence electrons. The first-order valence-corrected chi connectivity index (χ1v) is 5.93. The lowest BCUT2D eigenvalue weighted by Crippen LogP contribution is -1.98.